The summed E-state index contributed by atoms with van der Waals surface area (Å²) in [5, 5.41) is 3.73. The van der Waals surface area contributed by atoms with Crippen LogP contribution in [-0.4, -0.2) is 56.7 Å². The minimum absolute atomic E-state index is 0.0170. The van der Waals surface area contributed by atoms with Crippen molar-refractivity contribution < 1.29 is 26.9 Å². The Morgan fingerprint density at radius 1 is 1.16 bits per heavy atom. The van der Waals surface area contributed by atoms with Gasteiger partial charge in [-0.1, -0.05) is 17.3 Å². The number of rotatable bonds is 5. The molecule has 8 nitrogen and oxygen atoms in total. The second kappa shape index (κ2) is 8.68. The molecule has 2 fully saturated rings. The van der Waals surface area contributed by atoms with E-state index in [1.54, 1.807) is 30.9 Å². The highest BCUT2D eigenvalue weighted by molar-refractivity contribution is 7.89. The van der Waals surface area contributed by atoms with Crippen LogP contribution in [0, 0.1) is 25.6 Å². The summed E-state index contributed by atoms with van der Waals surface area (Å²) in [6.07, 6.45) is 0.801. The summed E-state index contributed by atoms with van der Waals surface area (Å²) in [6.45, 7) is 5.13. The first-order valence-electron chi connectivity index (χ1n) is 10.3. The number of carbonyl (C=O) groups is 1. The van der Waals surface area contributed by atoms with Crippen LogP contribution >= 0.6 is 0 Å². The van der Waals surface area contributed by atoms with E-state index in [0.717, 1.165) is 5.56 Å². The minimum atomic E-state index is -3.86. The van der Waals surface area contributed by atoms with Crippen LogP contribution in [0.2, 0.25) is 0 Å². The first-order chi connectivity index (χ1) is 14.8. The van der Waals surface area contributed by atoms with Gasteiger partial charge in [0.2, 0.25) is 15.9 Å². The first kappa shape index (κ1) is 21.9. The monoisotopic (exact) mass is 451 g/mol. The zero-order valence-electron chi connectivity index (χ0n) is 17.5. The highest BCUT2D eigenvalue weighted by Crippen LogP contribution is 2.41. The van der Waals surface area contributed by atoms with Crippen molar-refractivity contribution in [2.75, 3.05) is 26.3 Å². The average molecular weight is 452 g/mol. The van der Waals surface area contributed by atoms with Crippen molar-refractivity contribution >= 4 is 15.9 Å². The molecule has 1 amide bonds. The van der Waals surface area contributed by atoms with Crippen molar-refractivity contribution in [3.05, 3.63) is 47.1 Å². The average Bonchev–Trinajstić information content (AvgIpc) is 3.31. The minimum Gasteiger partial charge on any atom is -0.378 e. The molecule has 1 N–H and O–H groups in total. The number of ether oxygens (including phenoxy) is 1. The second-order valence-corrected chi connectivity index (χ2v) is 9.80. The summed E-state index contributed by atoms with van der Waals surface area (Å²) in [5.74, 6) is -0.765. The Balaban J connectivity index is 1.59. The van der Waals surface area contributed by atoms with Gasteiger partial charge < -0.3 is 14.2 Å². The van der Waals surface area contributed by atoms with Gasteiger partial charge in [-0.05, 0) is 50.3 Å². The summed E-state index contributed by atoms with van der Waals surface area (Å²) in [5.41, 5.74) is 1.12. The molecule has 1 aliphatic heterocycles. The smallest absolute Gasteiger partial charge is 0.246 e. The van der Waals surface area contributed by atoms with Gasteiger partial charge in [0.25, 0.3) is 0 Å². The molecule has 2 aliphatic rings. The van der Waals surface area contributed by atoms with E-state index in [0.29, 0.717) is 44.8 Å². The summed E-state index contributed by atoms with van der Waals surface area (Å²) < 4.78 is 52.5. The van der Waals surface area contributed by atoms with Crippen molar-refractivity contribution in [2.24, 2.45) is 5.92 Å². The Kier molecular flexibility index (Phi) is 6.14. The van der Waals surface area contributed by atoms with Crippen molar-refractivity contribution in [1.82, 2.24) is 14.8 Å². The van der Waals surface area contributed by atoms with Crippen molar-refractivity contribution in [3.8, 4) is 0 Å². The molecule has 3 atom stereocenters. The zero-order valence-corrected chi connectivity index (χ0v) is 18.3. The zero-order chi connectivity index (χ0) is 22.2. The molecule has 0 spiro atoms. The van der Waals surface area contributed by atoms with Crippen LogP contribution in [0.1, 0.15) is 35.8 Å². The van der Waals surface area contributed by atoms with E-state index in [-0.39, 0.29) is 28.3 Å². The standard InChI is InChI=1S/C21H26FN3O5S/c1-13-20(14(2)30-23-13)31(27,28)24-17-11-18(15-3-5-16(22)6-4-15)19(12-17)21(26)25-7-9-29-10-8-25/h3-6,17-19,24H,7-12H2,1-2H3/t17-,18+,19-/m0/s1. The summed E-state index contributed by atoms with van der Waals surface area (Å²) in [6, 6.07) is 5.64. The molecule has 1 saturated carbocycles. The van der Waals surface area contributed by atoms with E-state index < -0.39 is 22.0 Å². The Bertz CT molecular complexity index is 1030. The van der Waals surface area contributed by atoms with E-state index in [1.807, 2.05) is 0 Å². The Morgan fingerprint density at radius 3 is 2.45 bits per heavy atom. The van der Waals surface area contributed by atoms with Crippen molar-refractivity contribution in [3.63, 3.8) is 0 Å². The summed E-state index contributed by atoms with van der Waals surface area (Å²) in [4.78, 5) is 15.1. The molecule has 1 aromatic carbocycles. The molecule has 0 unspecified atom stereocenters. The van der Waals surface area contributed by atoms with E-state index in [9.17, 15) is 17.6 Å². The number of morpholine rings is 1. The quantitative estimate of drug-likeness (QED) is 0.747. The van der Waals surface area contributed by atoms with E-state index in [2.05, 4.69) is 9.88 Å². The molecule has 4 rings (SSSR count). The van der Waals surface area contributed by atoms with Gasteiger partial charge in [-0.25, -0.2) is 17.5 Å². The number of nitrogens with zero attached hydrogens (tertiary/aromatic N) is 2. The molecule has 0 bridgehead atoms. The van der Waals surface area contributed by atoms with E-state index >= 15 is 0 Å². The predicted octanol–water partition coefficient (Wildman–Crippen LogP) is 2.13. The molecule has 2 aromatic rings. The Morgan fingerprint density at radius 2 is 1.84 bits per heavy atom. The van der Waals surface area contributed by atoms with Gasteiger partial charge in [-0.2, -0.15) is 0 Å². The molecular formula is C21H26FN3O5S. The van der Waals surface area contributed by atoms with Crippen LogP contribution in [-0.2, 0) is 19.6 Å². The number of benzene rings is 1. The number of hydrogen-bond donors (Lipinski definition) is 1. The number of halogens is 1. The fraction of sp³-hybridized carbons (Fsp3) is 0.524. The van der Waals surface area contributed by atoms with Gasteiger partial charge in [0, 0.05) is 25.0 Å². The summed E-state index contributed by atoms with van der Waals surface area (Å²) in [7, 11) is -3.86. The molecule has 168 valence electrons. The maximum absolute atomic E-state index is 13.5. The highest BCUT2D eigenvalue weighted by atomic mass is 32.2. The lowest BCUT2D eigenvalue weighted by molar-refractivity contribution is -0.140. The van der Waals surface area contributed by atoms with Crippen LogP contribution in [0.4, 0.5) is 4.39 Å². The fourth-order valence-electron chi connectivity index (χ4n) is 4.64. The van der Waals surface area contributed by atoms with Gasteiger partial charge in [-0.3, -0.25) is 4.79 Å². The molecule has 10 heteroatoms. The van der Waals surface area contributed by atoms with Crippen LogP contribution in [0.15, 0.2) is 33.7 Å². The molecule has 1 aliphatic carbocycles. The molecule has 2 heterocycles. The van der Waals surface area contributed by atoms with Crippen molar-refractivity contribution in [2.45, 2.75) is 43.5 Å². The topological polar surface area (TPSA) is 102 Å². The third-order valence-electron chi connectivity index (χ3n) is 6.06. The normalized spacial score (nSPS) is 24.5. The number of hydrogen-bond acceptors (Lipinski definition) is 6. The highest BCUT2D eigenvalue weighted by Gasteiger charge is 2.43. The third-order valence-corrected chi connectivity index (χ3v) is 7.82. The number of aryl methyl sites for hydroxylation is 2. The van der Waals surface area contributed by atoms with Crippen LogP contribution < -0.4 is 4.72 Å². The first-order valence-corrected chi connectivity index (χ1v) is 11.8. The van der Waals surface area contributed by atoms with Gasteiger partial charge in [0.05, 0.1) is 13.2 Å². The lowest BCUT2D eigenvalue weighted by Crippen LogP contribution is -2.44. The lowest BCUT2D eigenvalue weighted by atomic mass is 9.88. The van der Waals surface area contributed by atoms with E-state index in [1.165, 1.54) is 12.1 Å². The Hall–Kier alpha value is -2.30. The second-order valence-electron chi connectivity index (χ2n) is 8.15. The number of carbonyl (C=O) groups excluding carboxylic acids is 1. The number of nitrogens with one attached hydrogen (secondary N) is 1. The largest absolute Gasteiger partial charge is 0.378 e. The Labute approximate surface area is 180 Å². The van der Waals surface area contributed by atoms with Crippen LogP contribution in [0.3, 0.4) is 0 Å². The van der Waals surface area contributed by atoms with Crippen LogP contribution in [0.25, 0.3) is 0 Å². The van der Waals surface area contributed by atoms with Crippen molar-refractivity contribution in [1.29, 1.82) is 0 Å². The van der Waals surface area contributed by atoms with Crippen LogP contribution in [0.5, 0.6) is 0 Å². The number of aromatic nitrogens is 1. The molecule has 1 aromatic heterocycles. The number of amides is 1. The third kappa shape index (κ3) is 4.51. The van der Waals surface area contributed by atoms with Gasteiger partial charge in [0.1, 0.15) is 16.4 Å². The SMILES string of the molecule is Cc1noc(C)c1S(=O)(=O)N[C@@H]1C[C@H](C(=O)N2CCOCC2)[C@@H](c2ccc(F)cc2)C1. The molecular weight excluding hydrogens is 425 g/mol. The lowest BCUT2D eigenvalue weighted by Gasteiger charge is -2.31. The van der Waals surface area contributed by atoms with E-state index in [4.69, 9.17) is 9.26 Å². The van der Waals surface area contributed by atoms with Gasteiger partial charge in [-0.15, -0.1) is 0 Å². The summed E-state index contributed by atoms with van der Waals surface area (Å²) >= 11 is 0. The number of sulfonamides is 1. The molecule has 0 radical (unpaired) electrons. The molecule has 31 heavy (non-hydrogen) atoms. The maximum Gasteiger partial charge on any atom is 0.246 e. The molecule has 1 saturated heterocycles. The predicted molar refractivity (Wildman–Crippen MR) is 109 cm³/mol. The maximum atomic E-state index is 13.5. The fourth-order valence-corrected chi connectivity index (χ4v) is 6.23. The van der Waals surface area contributed by atoms with Gasteiger partial charge in [0.15, 0.2) is 5.76 Å². The van der Waals surface area contributed by atoms with Gasteiger partial charge >= 0.3 is 0 Å².